The highest BCUT2D eigenvalue weighted by Gasteiger charge is 2.37. The summed E-state index contributed by atoms with van der Waals surface area (Å²) in [5.41, 5.74) is 0. The van der Waals surface area contributed by atoms with E-state index in [4.69, 9.17) is 5.11 Å². The Morgan fingerprint density at radius 1 is 1.33 bits per heavy atom. The van der Waals surface area contributed by atoms with Gasteiger partial charge < -0.3 is 5.11 Å². The average molecular weight is 166 g/mol. The molecule has 66 valence electrons. The van der Waals surface area contributed by atoms with Crippen LogP contribution in [0.4, 0.5) is 0 Å². The normalized spacial score (nSPS) is 39.5. The molecule has 2 nitrogen and oxygen atoms in total. The van der Waals surface area contributed by atoms with Gasteiger partial charge in [-0.05, 0) is 37.0 Å². The Kier molecular flexibility index (Phi) is 1.91. The number of carboxylic acids is 1. The quantitative estimate of drug-likeness (QED) is 0.637. The van der Waals surface area contributed by atoms with Crippen molar-refractivity contribution < 1.29 is 9.90 Å². The number of fused-ring (bicyclic) bond motifs is 2. The second-order valence-corrected chi connectivity index (χ2v) is 4.04. The Labute approximate surface area is 72.3 Å². The van der Waals surface area contributed by atoms with Gasteiger partial charge in [0.05, 0.1) is 0 Å². The fourth-order valence-corrected chi connectivity index (χ4v) is 2.74. The molecule has 0 aromatic heterocycles. The fourth-order valence-electron chi connectivity index (χ4n) is 2.74. The standard InChI is InChI=1S/C10H14O2/c11-10(12)4-3-9-6-7-1-2-8(9)5-7/h3-4,7-9H,1-2,5-6H2,(H,11,12)/b4-3+/t7-,8+,9?/m1/s1. The first-order valence-corrected chi connectivity index (χ1v) is 4.67. The highest BCUT2D eigenvalue weighted by Crippen LogP contribution is 2.48. The Balaban J connectivity index is 1.94. The Morgan fingerprint density at radius 2 is 2.17 bits per heavy atom. The van der Waals surface area contributed by atoms with Gasteiger partial charge in [0, 0.05) is 6.08 Å². The summed E-state index contributed by atoms with van der Waals surface area (Å²) >= 11 is 0. The van der Waals surface area contributed by atoms with E-state index in [-0.39, 0.29) is 0 Å². The van der Waals surface area contributed by atoms with E-state index in [2.05, 4.69) is 0 Å². The van der Waals surface area contributed by atoms with Crippen LogP contribution in [0.2, 0.25) is 0 Å². The molecule has 2 saturated carbocycles. The number of allylic oxidation sites excluding steroid dienone is 1. The zero-order valence-electron chi connectivity index (χ0n) is 7.07. The molecular formula is C10H14O2. The van der Waals surface area contributed by atoms with Crippen molar-refractivity contribution in [1.82, 2.24) is 0 Å². The van der Waals surface area contributed by atoms with E-state index in [1.165, 1.54) is 31.8 Å². The van der Waals surface area contributed by atoms with Crippen LogP contribution in [0.3, 0.4) is 0 Å². The van der Waals surface area contributed by atoms with Gasteiger partial charge in [-0.3, -0.25) is 0 Å². The van der Waals surface area contributed by atoms with E-state index >= 15 is 0 Å². The summed E-state index contributed by atoms with van der Waals surface area (Å²) in [4.78, 5) is 10.3. The van der Waals surface area contributed by atoms with E-state index in [1.54, 1.807) is 0 Å². The van der Waals surface area contributed by atoms with E-state index in [0.717, 1.165) is 11.8 Å². The van der Waals surface area contributed by atoms with Crippen LogP contribution in [0.25, 0.3) is 0 Å². The van der Waals surface area contributed by atoms with E-state index < -0.39 is 5.97 Å². The van der Waals surface area contributed by atoms with Crippen molar-refractivity contribution in [3.63, 3.8) is 0 Å². The van der Waals surface area contributed by atoms with E-state index in [9.17, 15) is 4.79 Å². The maximum atomic E-state index is 10.3. The monoisotopic (exact) mass is 166 g/mol. The zero-order chi connectivity index (χ0) is 8.55. The molecule has 2 rings (SSSR count). The van der Waals surface area contributed by atoms with Crippen LogP contribution in [0.1, 0.15) is 25.7 Å². The zero-order valence-corrected chi connectivity index (χ0v) is 7.07. The summed E-state index contributed by atoms with van der Waals surface area (Å²) in [7, 11) is 0. The molecule has 2 fully saturated rings. The van der Waals surface area contributed by atoms with Gasteiger partial charge in [0.25, 0.3) is 0 Å². The molecule has 0 aliphatic heterocycles. The number of aliphatic carboxylic acids is 1. The Morgan fingerprint density at radius 3 is 2.67 bits per heavy atom. The van der Waals surface area contributed by atoms with Gasteiger partial charge in [-0.2, -0.15) is 0 Å². The number of hydrogen-bond donors (Lipinski definition) is 1. The number of carbonyl (C=O) groups is 1. The van der Waals surface area contributed by atoms with Gasteiger partial charge in [0.15, 0.2) is 0 Å². The van der Waals surface area contributed by atoms with Crippen molar-refractivity contribution in [1.29, 1.82) is 0 Å². The predicted octanol–water partition coefficient (Wildman–Crippen LogP) is 2.06. The summed E-state index contributed by atoms with van der Waals surface area (Å²) < 4.78 is 0. The van der Waals surface area contributed by atoms with Crippen LogP contribution < -0.4 is 0 Å². The third-order valence-corrected chi connectivity index (χ3v) is 3.28. The Bertz CT molecular complexity index is 220. The van der Waals surface area contributed by atoms with Crippen molar-refractivity contribution in [3.8, 4) is 0 Å². The van der Waals surface area contributed by atoms with Gasteiger partial charge in [-0.15, -0.1) is 0 Å². The minimum Gasteiger partial charge on any atom is -0.478 e. The summed E-state index contributed by atoms with van der Waals surface area (Å²) in [6, 6.07) is 0. The molecule has 0 aromatic carbocycles. The van der Waals surface area contributed by atoms with Crippen LogP contribution in [-0.2, 0) is 4.79 Å². The minimum atomic E-state index is -0.808. The van der Waals surface area contributed by atoms with Gasteiger partial charge in [0.1, 0.15) is 0 Å². The summed E-state index contributed by atoms with van der Waals surface area (Å²) in [6.07, 6.45) is 8.47. The SMILES string of the molecule is O=C(O)/C=C/C1C[C@@H]2CC[C@H]1C2. The molecule has 2 heteroatoms. The first-order chi connectivity index (χ1) is 5.75. The lowest BCUT2D eigenvalue weighted by atomic mass is 9.89. The van der Waals surface area contributed by atoms with Gasteiger partial charge >= 0.3 is 5.97 Å². The maximum Gasteiger partial charge on any atom is 0.327 e. The van der Waals surface area contributed by atoms with Gasteiger partial charge in [-0.25, -0.2) is 4.79 Å². The first kappa shape index (κ1) is 7.84. The largest absolute Gasteiger partial charge is 0.478 e. The molecule has 0 amide bonds. The molecule has 0 radical (unpaired) electrons. The molecule has 2 bridgehead atoms. The maximum absolute atomic E-state index is 10.3. The molecule has 0 aromatic rings. The number of hydrogen-bond acceptors (Lipinski definition) is 1. The summed E-state index contributed by atoms with van der Waals surface area (Å²) in [6.45, 7) is 0. The average Bonchev–Trinajstić information content (AvgIpc) is 2.60. The molecule has 0 saturated heterocycles. The first-order valence-electron chi connectivity index (χ1n) is 4.67. The second-order valence-electron chi connectivity index (χ2n) is 4.04. The lowest BCUT2D eigenvalue weighted by Gasteiger charge is -2.17. The van der Waals surface area contributed by atoms with Crippen LogP contribution in [0, 0.1) is 17.8 Å². The molecule has 3 atom stereocenters. The molecular weight excluding hydrogens is 152 g/mol. The molecule has 2 aliphatic rings. The van der Waals surface area contributed by atoms with Crippen LogP contribution in [0.5, 0.6) is 0 Å². The van der Waals surface area contributed by atoms with Gasteiger partial charge in [0.2, 0.25) is 0 Å². The van der Waals surface area contributed by atoms with E-state index in [1.807, 2.05) is 6.08 Å². The van der Waals surface area contributed by atoms with Gasteiger partial charge in [-0.1, -0.05) is 12.5 Å². The predicted molar refractivity (Wildman–Crippen MR) is 45.7 cm³/mol. The van der Waals surface area contributed by atoms with Crippen LogP contribution in [0.15, 0.2) is 12.2 Å². The molecule has 0 heterocycles. The number of carboxylic acid groups (broad SMARTS) is 1. The Hall–Kier alpha value is -0.790. The topological polar surface area (TPSA) is 37.3 Å². The highest BCUT2D eigenvalue weighted by molar-refractivity contribution is 5.79. The van der Waals surface area contributed by atoms with Crippen molar-refractivity contribution in [3.05, 3.63) is 12.2 Å². The molecule has 0 spiro atoms. The van der Waals surface area contributed by atoms with Crippen molar-refractivity contribution in [2.24, 2.45) is 17.8 Å². The van der Waals surface area contributed by atoms with Crippen molar-refractivity contribution >= 4 is 5.97 Å². The third kappa shape index (κ3) is 1.38. The third-order valence-electron chi connectivity index (χ3n) is 3.28. The van der Waals surface area contributed by atoms with Crippen molar-refractivity contribution in [2.45, 2.75) is 25.7 Å². The smallest absolute Gasteiger partial charge is 0.327 e. The number of rotatable bonds is 2. The fraction of sp³-hybridized carbons (Fsp3) is 0.700. The lowest BCUT2D eigenvalue weighted by molar-refractivity contribution is -0.131. The van der Waals surface area contributed by atoms with Crippen LogP contribution >= 0.6 is 0 Å². The van der Waals surface area contributed by atoms with Crippen molar-refractivity contribution in [2.75, 3.05) is 0 Å². The second kappa shape index (κ2) is 2.92. The molecule has 2 aliphatic carbocycles. The van der Waals surface area contributed by atoms with E-state index in [0.29, 0.717) is 5.92 Å². The minimum absolute atomic E-state index is 0.569. The summed E-state index contributed by atoms with van der Waals surface area (Å²) in [5.74, 6) is 1.46. The van der Waals surface area contributed by atoms with Crippen LogP contribution in [-0.4, -0.2) is 11.1 Å². The lowest BCUT2D eigenvalue weighted by Crippen LogP contribution is -2.07. The molecule has 1 N–H and O–H groups in total. The molecule has 1 unspecified atom stereocenters. The summed E-state index contributed by atoms with van der Waals surface area (Å²) in [5, 5.41) is 8.46. The highest BCUT2D eigenvalue weighted by atomic mass is 16.4. The molecule has 12 heavy (non-hydrogen) atoms.